The molecule has 0 aromatic heterocycles. The van der Waals surface area contributed by atoms with E-state index in [-0.39, 0.29) is 5.91 Å². The van der Waals surface area contributed by atoms with Crippen molar-refractivity contribution in [1.29, 1.82) is 0 Å². The SMILES string of the molecule is C=C(C)CN(CC)C(=O)CCc1cc(OC)cc(OC)c1. The Hall–Kier alpha value is -1.97. The van der Waals surface area contributed by atoms with Gasteiger partial charge in [0.2, 0.25) is 5.91 Å². The molecule has 4 nitrogen and oxygen atoms in total. The molecule has 0 saturated heterocycles. The van der Waals surface area contributed by atoms with Crippen LogP contribution in [0, 0.1) is 0 Å². The standard InChI is InChI=1S/C17H25NO3/c1-6-18(12-13(2)3)17(19)8-7-14-9-15(20-4)11-16(10-14)21-5/h9-11H,2,6-8,12H2,1,3-5H3. The number of rotatable bonds is 8. The molecule has 0 aliphatic carbocycles. The fraction of sp³-hybridized carbons (Fsp3) is 0.471. The number of hydrogen-bond donors (Lipinski definition) is 0. The summed E-state index contributed by atoms with van der Waals surface area (Å²) < 4.78 is 10.5. The molecule has 1 aromatic carbocycles. The lowest BCUT2D eigenvalue weighted by Gasteiger charge is -2.21. The van der Waals surface area contributed by atoms with E-state index in [1.165, 1.54) is 0 Å². The molecule has 4 heteroatoms. The fourth-order valence-electron chi connectivity index (χ4n) is 2.12. The Labute approximate surface area is 127 Å². The van der Waals surface area contributed by atoms with E-state index in [9.17, 15) is 4.79 Å². The second kappa shape index (κ2) is 8.35. The van der Waals surface area contributed by atoms with Crippen molar-refractivity contribution in [3.05, 3.63) is 35.9 Å². The number of methoxy groups -OCH3 is 2. The highest BCUT2D eigenvalue weighted by molar-refractivity contribution is 5.76. The van der Waals surface area contributed by atoms with E-state index in [0.29, 0.717) is 25.9 Å². The Morgan fingerprint density at radius 2 is 1.76 bits per heavy atom. The van der Waals surface area contributed by atoms with Gasteiger partial charge in [-0.15, -0.1) is 0 Å². The maximum absolute atomic E-state index is 12.2. The number of benzene rings is 1. The van der Waals surface area contributed by atoms with Crippen LogP contribution in [0.15, 0.2) is 30.4 Å². The first-order chi connectivity index (χ1) is 9.99. The average molecular weight is 291 g/mol. The molecule has 0 spiro atoms. The molecule has 1 aromatic rings. The molecule has 116 valence electrons. The predicted molar refractivity (Wildman–Crippen MR) is 84.9 cm³/mol. The molecular formula is C17H25NO3. The van der Waals surface area contributed by atoms with E-state index in [1.54, 1.807) is 14.2 Å². The molecule has 0 bridgehead atoms. The van der Waals surface area contributed by atoms with Crippen LogP contribution in [0.3, 0.4) is 0 Å². The molecule has 0 aliphatic heterocycles. The Morgan fingerprint density at radius 1 is 1.19 bits per heavy atom. The van der Waals surface area contributed by atoms with Crippen LogP contribution in [0.5, 0.6) is 11.5 Å². The summed E-state index contributed by atoms with van der Waals surface area (Å²) in [6.07, 6.45) is 1.14. The smallest absolute Gasteiger partial charge is 0.223 e. The third-order valence-corrected chi connectivity index (χ3v) is 3.23. The minimum Gasteiger partial charge on any atom is -0.497 e. The average Bonchev–Trinajstić information content (AvgIpc) is 2.49. The van der Waals surface area contributed by atoms with Crippen molar-refractivity contribution in [3.8, 4) is 11.5 Å². The lowest BCUT2D eigenvalue weighted by atomic mass is 10.1. The zero-order valence-corrected chi connectivity index (χ0v) is 13.4. The first kappa shape index (κ1) is 17.1. The Morgan fingerprint density at radius 3 is 2.19 bits per heavy atom. The summed E-state index contributed by atoms with van der Waals surface area (Å²) in [4.78, 5) is 14.0. The number of carbonyl (C=O) groups excluding carboxylic acids is 1. The molecule has 0 fully saturated rings. The summed E-state index contributed by atoms with van der Waals surface area (Å²) >= 11 is 0. The summed E-state index contributed by atoms with van der Waals surface area (Å²) in [7, 11) is 3.24. The molecule has 21 heavy (non-hydrogen) atoms. The van der Waals surface area contributed by atoms with Gasteiger partial charge in [0.1, 0.15) is 11.5 Å². The van der Waals surface area contributed by atoms with Crippen molar-refractivity contribution in [3.63, 3.8) is 0 Å². The zero-order chi connectivity index (χ0) is 15.8. The van der Waals surface area contributed by atoms with Gasteiger partial charge in [0.05, 0.1) is 14.2 Å². The number of hydrogen-bond acceptors (Lipinski definition) is 3. The van der Waals surface area contributed by atoms with E-state index in [0.717, 1.165) is 22.6 Å². The molecule has 0 unspecified atom stereocenters. The van der Waals surface area contributed by atoms with Gasteiger partial charge in [-0.05, 0) is 38.0 Å². The monoisotopic (exact) mass is 291 g/mol. The zero-order valence-electron chi connectivity index (χ0n) is 13.4. The van der Waals surface area contributed by atoms with Gasteiger partial charge in [0.25, 0.3) is 0 Å². The summed E-state index contributed by atoms with van der Waals surface area (Å²) in [6, 6.07) is 5.69. The van der Waals surface area contributed by atoms with Gasteiger partial charge in [-0.2, -0.15) is 0 Å². The molecule has 0 atom stereocenters. The van der Waals surface area contributed by atoms with E-state index in [1.807, 2.05) is 36.9 Å². The molecule has 0 N–H and O–H groups in total. The summed E-state index contributed by atoms with van der Waals surface area (Å²) in [5, 5.41) is 0. The molecule has 1 rings (SSSR count). The highest BCUT2D eigenvalue weighted by Gasteiger charge is 2.12. The van der Waals surface area contributed by atoms with E-state index in [4.69, 9.17) is 9.47 Å². The Balaban J connectivity index is 2.69. The van der Waals surface area contributed by atoms with E-state index in [2.05, 4.69) is 6.58 Å². The normalized spacial score (nSPS) is 10.1. The van der Waals surface area contributed by atoms with Gasteiger partial charge < -0.3 is 14.4 Å². The highest BCUT2D eigenvalue weighted by Crippen LogP contribution is 2.23. The number of nitrogens with zero attached hydrogens (tertiary/aromatic N) is 1. The molecule has 0 heterocycles. The van der Waals surface area contributed by atoms with Crippen LogP contribution in [-0.4, -0.2) is 38.1 Å². The van der Waals surface area contributed by atoms with Gasteiger partial charge in [0.15, 0.2) is 0 Å². The van der Waals surface area contributed by atoms with Crippen molar-refractivity contribution in [2.45, 2.75) is 26.7 Å². The highest BCUT2D eigenvalue weighted by atomic mass is 16.5. The topological polar surface area (TPSA) is 38.8 Å². The maximum atomic E-state index is 12.2. The Bertz CT molecular complexity index is 475. The molecule has 0 radical (unpaired) electrons. The fourth-order valence-corrected chi connectivity index (χ4v) is 2.12. The van der Waals surface area contributed by atoms with Crippen molar-refractivity contribution >= 4 is 5.91 Å². The maximum Gasteiger partial charge on any atom is 0.223 e. The first-order valence-corrected chi connectivity index (χ1v) is 7.14. The largest absolute Gasteiger partial charge is 0.497 e. The van der Waals surface area contributed by atoms with Crippen LogP contribution < -0.4 is 9.47 Å². The van der Waals surface area contributed by atoms with E-state index >= 15 is 0 Å². The lowest BCUT2D eigenvalue weighted by Crippen LogP contribution is -2.32. The number of likely N-dealkylation sites (N-methyl/N-ethyl adjacent to an activating group) is 1. The molecule has 1 amide bonds. The van der Waals surface area contributed by atoms with Crippen molar-refractivity contribution < 1.29 is 14.3 Å². The third-order valence-electron chi connectivity index (χ3n) is 3.23. The summed E-state index contributed by atoms with van der Waals surface area (Å²) in [5.74, 6) is 1.62. The van der Waals surface area contributed by atoms with E-state index < -0.39 is 0 Å². The predicted octanol–water partition coefficient (Wildman–Crippen LogP) is 3.06. The summed E-state index contributed by atoms with van der Waals surface area (Å²) in [5.41, 5.74) is 2.03. The quantitative estimate of drug-likeness (QED) is 0.691. The second-order valence-corrected chi connectivity index (χ2v) is 5.09. The van der Waals surface area contributed by atoms with Crippen LogP contribution in [0.4, 0.5) is 0 Å². The number of ether oxygens (including phenoxy) is 2. The van der Waals surface area contributed by atoms with Gasteiger partial charge in [-0.3, -0.25) is 4.79 Å². The number of amides is 1. The van der Waals surface area contributed by atoms with Crippen LogP contribution in [0.25, 0.3) is 0 Å². The van der Waals surface area contributed by atoms with Gasteiger partial charge >= 0.3 is 0 Å². The molecule has 0 aliphatic rings. The van der Waals surface area contributed by atoms with Crippen molar-refractivity contribution in [2.75, 3.05) is 27.3 Å². The summed E-state index contributed by atoms with van der Waals surface area (Å²) in [6.45, 7) is 9.10. The first-order valence-electron chi connectivity index (χ1n) is 7.14. The van der Waals surface area contributed by atoms with Crippen molar-refractivity contribution in [2.24, 2.45) is 0 Å². The molecule has 0 saturated carbocycles. The minimum atomic E-state index is 0.141. The van der Waals surface area contributed by atoms with Crippen molar-refractivity contribution in [1.82, 2.24) is 4.90 Å². The number of aryl methyl sites for hydroxylation is 1. The second-order valence-electron chi connectivity index (χ2n) is 5.09. The van der Waals surface area contributed by atoms with Crippen LogP contribution in [0.2, 0.25) is 0 Å². The lowest BCUT2D eigenvalue weighted by molar-refractivity contribution is -0.130. The number of carbonyl (C=O) groups is 1. The molecular weight excluding hydrogens is 266 g/mol. The Kier molecular flexibility index (Phi) is 6.79. The van der Waals surface area contributed by atoms with Gasteiger partial charge in [-0.25, -0.2) is 0 Å². The van der Waals surface area contributed by atoms with Crippen LogP contribution in [0.1, 0.15) is 25.8 Å². The van der Waals surface area contributed by atoms with Crippen LogP contribution in [-0.2, 0) is 11.2 Å². The van der Waals surface area contributed by atoms with Gasteiger partial charge in [0, 0.05) is 25.6 Å². The van der Waals surface area contributed by atoms with Crippen LogP contribution >= 0.6 is 0 Å². The minimum absolute atomic E-state index is 0.141. The third kappa shape index (κ3) is 5.50. The van der Waals surface area contributed by atoms with Gasteiger partial charge in [-0.1, -0.05) is 12.2 Å².